The molecule has 0 aromatic heterocycles. The summed E-state index contributed by atoms with van der Waals surface area (Å²) in [5.74, 6) is -0.714. The highest BCUT2D eigenvalue weighted by atomic mass is 35.5. The Morgan fingerprint density at radius 1 is 1.04 bits per heavy atom. The van der Waals surface area contributed by atoms with Crippen molar-refractivity contribution in [2.45, 2.75) is 13.3 Å². The smallest absolute Gasteiger partial charge is 0.323 e. The molecule has 0 atom stereocenters. The first kappa shape index (κ1) is 17.7. The highest BCUT2D eigenvalue weighted by molar-refractivity contribution is 6.31. The van der Waals surface area contributed by atoms with Crippen LogP contribution in [0.15, 0.2) is 42.5 Å². The van der Waals surface area contributed by atoms with Crippen molar-refractivity contribution in [3.8, 4) is 0 Å². The van der Waals surface area contributed by atoms with Gasteiger partial charge in [-0.25, -0.2) is 9.18 Å². The number of halogens is 2. The average Bonchev–Trinajstić information content (AvgIpc) is 2.56. The fourth-order valence-electron chi connectivity index (χ4n) is 1.91. The highest BCUT2D eigenvalue weighted by Crippen LogP contribution is 2.19. The van der Waals surface area contributed by atoms with E-state index < -0.39 is 11.8 Å². The van der Waals surface area contributed by atoms with Crippen molar-refractivity contribution in [1.29, 1.82) is 0 Å². The van der Waals surface area contributed by atoms with E-state index in [2.05, 4.69) is 16.0 Å². The SMILES string of the molecule is CCCNC(=O)c1ccc(NC(=O)Nc2ccc(F)c(Cl)c2)cc1. The van der Waals surface area contributed by atoms with Crippen molar-refractivity contribution < 1.29 is 14.0 Å². The van der Waals surface area contributed by atoms with E-state index in [0.29, 0.717) is 23.5 Å². The van der Waals surface area contributed by atoms with Gasteiger partial charge in [0.1, 0.15) is 5.82 Å². The van der Waals surface area contributed by atoms with Crippen molar-refractivity contribution in [3.05, 3.63) is 58.9 Å². The first-order chi connectivity index (χ1) is 11.5. The number of amides is 3. The van der Waals surface area contributed by atoms with E-state index in [1.54, 1.807) is 24.3 Å². The van der Waals surface area contributed by atoms with Gasteiger partial charge in [0.05, 0.1) is 5.02 Å². The third kappa shape index (κ3) is 4.96. The van der Waals surface area contributed by atoms with Gasteiger partial charge < -0.3 is 16.0 Å². The first-order valence-corrected chi connectivity index (χ1v) is 7.78. The number of urea groups is 1. The van der Waals surface area contributed by atoms with E-state index >= 15 is 0 Å². The number of benzene rings is 2. The molecule has 7 heteroatoms. The monoisotopic (exact) mass is 349 g/mol. The molecule has 0 spiro atoms. The molecule has 126 valence electrons. The molecular formula is C17H17ClFN3O2. The van der Waals surface area contributed by atoms with E-state index in [1.807, 2.05) is 6.92 Å². The molecule has 2 aromatic carbocycles. The standard InChI is InChI=1S/C17H17ClFN3O2/c1-2-9-20-16(23)11-3-5-12(6-4-11)21-17(24)22-13-7-8-15(19)14(18)10-13/h3-8,10H,2,9H2,1H3,(H,20,23)(H2,21,22,24). The molecule has 0 saturated heterocycles. The van der Waals surface area contributed by atoms with Crippen LogP contribution in [0, 0.1) is 5.82 Å². The summed E-state index contributed by atoms with van der Waals surface area (Å²) in [6.07, 6.45) is 0.860. The van der Waals surface area contributed by atoms with Crippen LogP contribution >= 0.6 is 11.6 Å². The van der Waals surface area contributed by atoms with Gasteiger partial charge >= 0.3 is 6.03 Å². The second-order valence-electron chi connectivity index (χ2n) is 5.04. The minimum atomic E-state index is -0.556. The number of hydrogen-bond donors (Lipinski definition) is 3. The molecular weight excluding hydrogens is 333 g/mol. The van der Waals surface area contributed by atoms with E-state index in [0.717, 1.165) is 6.42 Å². The fraction of sp³-hybridized carbons (Fsp3) is 0.176. The molecule has 0 heterocycles. The summed E-state index contributed by atoms with van der Waals surface area (Å²) in [4.78, 5) is 23.7. The van der Waals surface area contributed by atoms with E-state index in [9.17, 15) is 14.0 Å². The molecule has 0 fully saturated rings. The largest absolute Gasteiger partial charge is 0.352 e. The minimum Gasteiger partial charge on any atom is -0.352 e. The maximum absolute atomic E-state index is 13.1. The lowest BCUT2D eigenvalue weighted by molar-refractivity contribution is 0.0953. The van der Waals surface area contributed by atoms with Gasteiger partial charge in [-0.3, -0.25) is 4.79 Å². The predicted molar refractivity (Wildman–Crippen MR) is 93.1 cm³/mol. The molecule has 2 aromatic rings. The van der Waals surface area contributed by atoms with Gasteiger partial charge in [-0.05, 0) is 48.9 Å². The maximum Gasteiger partial charge on any atom is 0.323 e. The van der Waals surface area contributed by atoms with Crippen molar-refractivity contribution >= 4 is 34.9 Å². The molecule has 5 nitrogen and oxygen atoms in total. The van der Waals surface area contributed by atoms with Gasteiger partial charge in [0.25, 0.3) is 5.91 Å². The number of carbonyl (C=O) groups excluding carboxylic acids is 2. The van der Waals surface area contributed by atoms with Crippen LogP contribution in [-0.2, 0) is 0 Å². The zero-order valence-corrected chi connectivity index (χ0v) is 13.8. The Bertz CT molecular complexity index is 735. The molecule has 0 aliphatic rings. The molecule has 0 bridgehead atoms. The number of rotatable bonds is 5. The minimum absolute atomic E-state index is 0.0738. The van der Waals surface area contributed by atoms with Crippen molar-refractivity contribution in [2.75, 3.05) is 17.2 Å². The number of hydrogen-bond acceptors (Lipinski definition) is 2. The summed E-state index contributed by atoms with van der Waals surface area (Å²) in [5, 5.41) is 7.85. The van der Waals surface area contributed by atoms with Gasteiger partial charge in [0.2, 0.25) is 0 Å². The Labute approximate surface area is 144 Å². The number of anilines is 2. The lowest BCUT2D eigenvalue weighted by Gasteiger charge is -2.09. The van der Waals surface area contributed by atoms with Gasteiger partial charge in [-0.15, -0.1) is 0 Å². The van der Waals surface area contributed by atoms with Crippen LogP contribution in [-0.4, -0.2) is 18.5 Å². The molecule has 0 aliphatic carbocycles. The summed E-state index contributed by atoms with van der Waals surface area (Å²) in [6.45, 7) is 2.59. The van der Waals surface area contributed by atoms with Gasteiger partial charge in [-0.1, -0.05) is 18.5 Å². The predicted octanol–water partition coefficient (Wildman–Crippen LogP) is 4.26. The average molecular weight is 350 g/mol. The Morgan fingerprint density at radius 3 is 2.29 bits per heavy atom. The first-order valence-electron chi connectivity index (χ1n) is 7.41. The summed E-state index contributed by atoms with van der Waals surface area (Å²) in [7, 11) is 0. The van der Waals surface area contributed by atoms with E-state index in [1.165, 1.54) is 18.2 Å². The molecule has 0 saturated carbocycles. The summed E-state index contributed by atoms with van der Waals surface area (Å²) in [5.41, 5.74) is 1.40. The van der Waals surface area contributed by atoms with Gasteiger partial charge in [-0.2, -0.15) is 0 Å². The second kappa shape index (κ2) is 8.31. The van der Waals surface area contributed by atoms with Crippen molar-refractivity contribution in [1.82, 2.24) is 5.32 Å². The van der Waals surface area contributed by atoms with Gasteiger partial charge in [0, 0.05) is 23.5 Å². The summed E-state index contributed by atoms with van der Waals surface area (Å²) in [6, 6.07) is 9.88. The van der Waals surface area contributed by atoms with Crippen molar-refractivity contribution in [2.24, 2.45) is 0 Å². The number of carbonyl (C=O) groups is 2. The fourth-order valence-corrected chi connectivity index (χ4v) is 2.09. The highest BCUT2D eigenvalue weighted by Gasteiger charge is 2.07. The molecule has 2 rings (SSSR count). The molecule has 3 N–H and O–H groups in total. The zero-order chi connectivity index (χ0) is 17.5. The van der Waals surface area contributed by atoms with Crippen LogP contribution in [0.4, 0.5) is 20.6 Å². The normalized spacial score (nSPS) is 10.1. The molecule has 0 aliphatic heterocycles. The second-order valence-corrected chi connectivity index (χ2v) is 5.45. The summed E-state index contributed by atoms with van der Waals surface area (Å²) >= 11 is 5.66. The van der Waals surface area contributed by atoms with E-state index in [-0.39, 0.29) is 10.9 Å². The molecule has 24 heavy (non-hydrogen) atoms. The van der Waals surface area contributed by atoms with Crippen LogP contribution in [0.25, 0.3) is 0 Å². The Morgan fingerprint density at radius 2 is 1.67 bits per heavy atom. The van der Waals surface area contributed by atoms with Crippen LogP contribution in [0.5, 0.6) is 0 Å². The lowest BCUT2D eigenvalue weighted by Crippen LogP contribution is -2.24. The quantitative estimate of drug-likeness (QED) is 0.754. The van der Waals surface area contributed by atoms with Crippen LogP contribution in [0.1, 0.15) is 23.7 Å². The van der Waals surface area contributed by atoms with Crippen LogP contribution < -0.4 is 16.0 Å². The van der Waals surface area contributed by atoms with Crippen molar-refractivity contribution in [3.63, 3.8) is 0 Å². The Hall–Kier alpha value is -2.60. The Kier molecular flexibility index (Phi) is 6.14. The number of nitrogens with one attached hydrogen (secondary N) is 3. The molecule has 3 amide bonds. The Balaban J connectivity index is 1.94. The topological polar surface area (TPSA) is 70.2 Å². The maximum atomic E-state index is 13.1. The van der Waals surface area contributed by atoms with Gasteiger partial charge in [0.15, 0.2) is 0 Å². The van der Waals surface area contributed by atoms with E-state index in [4.69, 9.17) is 11.6 Å². The third-order valence-electron chi connectivity index (χ3n) is 3.12. The zero-order valence-electron chi connectivity index (χ0n) is 13.0. The molecule has 0 radical (unpaired) electrons. The third-order valence-corrected chi connectivity index (χ3v) is 3.41. The lowest BCUT2D eigenvalue weighted by atomic mass is 10.2. The molecule has 0 unspecified atom stereocenters. The van der Waals surface area contributed by atoms with Crippen LogP contribution in [0.2, 0.25) is 5.02 Å². The summed E-state index contributed by atoms with van der Waals surface area (Å²) < 4.78 is 13.1. The van der Waals surface area contributed by atoms with Crippen LogP contribution in [0.3, 0.4) is 0 Å².